The molecule has 0 aromatic heterocycles. The molecule has 1 saturated heterocycles. The lowest BCUT2D eigenvalue weighted by atomic mass is 9.65. The number of Topliss-reactive ketones (excluding diaryl/α,β-unsaturated/α-hetero) is 1. The van der Waals surface area contributed by atoms with Gasteiger partial charge < -0.3 is 10.5 Å². The number of hydrogen-bond acceptors (Lipinski definition) is 3. The smallest absolute Gasteiger partial charge is 0.140 e. The van der Waals surface area contributed by atoms with Crippen LogP contribution in [0.1, 0.15) is 44.9 Å². The highest BCUT2D eigenvalue weighted by Crippen LogP contribution is 2.42. The summed E-state index contributed by atoms with van der Waals surface area (Å²) in [6, 6.07) is 0. The van der Waals surface area contributed by atoms with Crippen LogP contribution in [0, 0.1) is 5.41 Å². The van der Waals surface area contributed by atoms with Crippen molar-refractivity contribution in [3.8, 4) is 0 Å². The normalized spacial score (nSPS) is 28.7. The zero-order valence-electron chi connectivity index (χ0n) is 9.34. The van der Waals surface area contributed by atoms with Crippen LogP contribution in [0.25, 0.3) is 0 Å². The van der Waals surface area contributed by atoms with Gasteiger partial charge in [0.25, 0.3) is 0 Å². The molecule has 3 nitrogen and oxygen atoms in total. The summed E-state index contributed by atoms with van der Waals surface area (Å²) < 4.78 is 5.52. The molecule has 0 spiro atoms. The van der Waals surface area contributed by atoms with Crippen molar-refractivity contribution in [2.24, 2.45) is 11.1 Å². The molecule has 1 heterocycles. The van der Waals surface area contributed by atoms with Gasteiger partial charge in [-0.15, -0.1) is 0 Å². The third kappa shape index (κ3) is 2.23. The quantitative estimate of drug-likeness (QED) is 0.752. The lowest BCUT2D eigenvalue weighted by Crippen LogP contribution is -2.44. The van der Waals surface area contributed by atoms with E-state index in [-0.39, 0.29) is 5.41 Å². The molecule has 2 fully saturated rings. The first-order valence-electron chi connectivity index (χ1n) is 6.12. The lowest BCUT2D eigenvalue weighted by molar-refractivity contribution is -0.133. The molecule has 1 saturated carbocycles. The molecule has 0 aromatic carbocycles. The van der Waals surface area contributed by atoms with Gasteiger partial charge >= 0.3 is 0 Å². The number of carbonyl (C=O) groups is 1. The maximum atomic E-state index is 12.0. The Hall–Kier alpha value is -0.410. The van der Waals surface area contributed by atoms with Crippen molar-refractivity contribution in [1.82, 2.24) is 0 Å². The zero-order chi connectivity index (χ0) is 10.7. The summed E-state index contributed by atoms with van der Waals surface area (Å²) >= 11 is 0. The standard InChI is InChI=1S/C12H21NO2/c13-9-12(6-2-7-12)11(14)5-4-10-3-1-8-15-10/h10H,1-9,13H2. The number of rotatable bonds is 5. The van der Waals surface area contributed by atoms with E-state index >= 15 is 0 Å². The van der Waals surface area contributed by atoms with E-state index in [4.69, 9.17) is 10.5 Å². The third-order valence-electron chi connectivity index (χ3n) is 4.01. The van der Waals surface area contributed by atoms with Crippen LogP contribution in [-0.2, 0) is 9.53 Å². The van der Waals surface area contributed by atoms with Gasteiger partial charge in [-0.3, -0.25) is 4.79 Å². The number of carbonyl (C=O) groups excluding carboxylic acids is 1. The van der Waals surface area contributed by atoms with Gasteiger partial charge in [0, 0.05) is 25.0 Å². The molecule has 1 atom stereocenters. The van der Waals surface area contributed by atoms with Crippen molar-refractivity contribution in [2.75, 3.05) is 13.2 Å². The predicted molar refractivity (Wildman–Crippen MR) is 58.6 cm³/mol. The number of ketones is 1. The Morgan fingerprint density at radius 3 is 2.67 bits per heavy atom. The first-order valence-corrected chi connectivity index (χ1v) is 6.12. The zero-order valence-corrected chi connectivity index (χ0v) is 9.34. The predicted octanol–water partition coefficient (Wildman–Crippen LogP) is 1.64. The van der Waals surface area contributed by atoms with Crippen LogP contribution in [0.5, 0.6) is 0 Å². The summed E-state index contributed by atoms with van der Waals surface area (Å²) in [5.41, 5.74) is 5.56. The Balaban J connectivity index is 1.76. The van der Waals surface area contributed by atoms with Gasteiger partial charge in [0.2, 0.25) is 0 Å². The molecule has 0 radical (unpaired) electrons. The lowest BCUT2D eigenvalue weighted by Gasteiger charge is -2.39. The van der Waals surface area contributed by atoms with Gasteiger partial charge in [0.05, 0.1) is 6.10 Å². The van der Waals surface area contributed by atoms with Crippen LogP contribution in [0.15, 0.2) is 0 Å². The van der Waals surface area contributed by atoms with Crippen LogP contribution in [0.4, 0.5) is 0 Å². The summed E-state index contributed by atoms with van der Waals surface area (Å²) in [4.78, 5) is 12.0. The van der Waals surface area contributed by atoms with Gasteiger partial charge in [-0.05, 0) is 32.1 Å². The van der Waals surface area contributed by atoms with E-state index in [2.05, 4.69) is 0 Å². The van der Waals surface area contributed by atoms with E-state index < -0.39 is 0 Å². The maximum absolute atomic E-state index is 12.0. The monoisotopic (exact) mass is 211 g/mol. The average Bonchev–Trinajstić information content (AvgIpc) is 2.66. The van der Waals surface area contributed by atoms with E-state index in [1.54, 1.807) is 0 Å². The van der Waals surface area contributed by atoms with Crippen molar-refractivity contribution in [2.45, 2.75) is 51.0 Å². The Bertz CT molecular complexity index is 224. The fourth-order valence-corrected chi connectivity index (χ4v) is 2.63. The minimum Gasteiger partial charge on any atom is -0.378 e. The Labute approximate surface area is 91.4 Å². The van der Waals surface area contributed by atoms with Crippen LogP contribution in [0.3, 0.4) is 0 Å². The second-order valence-corrected chi connectivity index (χ2v) is 4.93. The Morgan fingerprint density at radius 2 is 2.20 bits per heavy atom. The van der Waals surface area contributed by atoms with Crippen molar-refractivity contribution in [3.05, 3.63) is 0 Å². The highest BCUT2D eigenvalue weighted by atomic mass is 16.5. The summed E-state index contributed by atoms with van der Waals surface area (Å²) in [6.07, 6.45) is 7.38. The summed E-state index contributed by atoms with van der Waals surface area (Å²) in [5, 5.41) is 0. The second kappa shape index (κ2) is 4.62. The molecule has 1 unspecified atom stereocenters. The second-order valence-electron chi connectivity index (χ2n) is 4.93. The molecule has 0 aromatic rings. The van der Waals surface area contributed by atoms with Crippen molar-refractivity contribution >= 4 is 5.78 Å². The molecular formula is C12H21NO2. The van der Waals surface area contributed by atoms with Crippen LogP contribution in [0.2, 0.25) is 0 Å². The van der Waals surface area contributed by atoms with Crippen molar-refractivity contribution in [3.63, 3.8) is 0 Å². The van der Waals surface area contributed by atoms with E-state index in [1.165, 1.54) is 6.42 Å². The number of nitrogens with two attached hydrogens (primary N) is 1. The van der Waals surface area contributed by atoms with Crippen molar-refractivity contribution in [1.29, 1.82) is 0 Å². The SMILES string of the molecule is NCC1(C(=O)CCC2CCCO2)CCC1. The molecule has 2 rings (SSSR count). The summed E-state index contributed by atoms with van der Waals surface area (Å²) in [5.74, 6) is 0.381. The largest absolute Gasteiger partial charge is 0.378 e. The first kappa shape index (κ1) is 11.1. The van der Waals surface area contributed by atoms with Gasteiger partial charge in [-0.25, -0.2) is 0 Å². The van der Waals surface area contributed by atoms with Gasteiger partial charge in [-0.1, -0.05) is 6.42 Å². The molecule has 2 N–H and O–H groups in total. The fraction of sp³-hybridized carbons (Fsp3) is 0.917. The van der Waals surface area contributed by atoms with E-state index in [0.717, 1.165) is 38.7 Å². The van der Waals surface area contributed by atoms with Gasteiger partial charge in [0.15, 0.2) is 0 Å². The van der Waals surface area contributed by atoms with E-state index in [9.17, 15) is 4.79 Å². The molecule has 86 valence electrons. The van der Waals surface area contributed by atoms with Gasteiger partial charge in [0.1, 0.15) is 5.78 Å². The van der Waals surface area contributed by atoms with Crippen LogP contribution >= 0.6 is 0 Å². The topological polar surface area (TPSA) is 52.3 Å². The highest BCUT2D eigenvalue weighted by molar-refractivity contribution is 5.85. The van der Waals surface area contributed by atoms with Crippen molar-refractivity contribution < 1.29 is 9.53 Å². The first-order chi connectivity index (χ1) is 7.27. The molecule has 1 aliphatic heterocycles. The minimum atomic E-state index is -0.140. The molecule has 0 bridgehead atoms. The minimum absolute atomic E-state index is 0.140. The summed E-state index contributed by atoms with van der Waals surface area (Å²) in [6.45, 7) is 1.41. The molecular weight excluding hydrogens is 190 g/mol. The molecule has 2 aliphatic rings. The van der Waals surface area contributed by atoms with E-state index in [1.807, 2.05) is 0 Å². The molecule has 3 heteroatoms. The molecule has 15 heavy (non-hydrogen) atoms. The summed E-state index contributed by atoms with van der Waals surface area (Å²) in [7, 11) is 0. The maximum Gasteiger partial charge on any atom is 0.140 e. The third-order valence-corrected chi connectivity index (χ3v) is 4.01. The van der Waals surface area contributed by atoms with Gasteiger partial charge in [-0.2, -0.15) is 0 Å². The Kier molecular flexibility index (Phi) is 3.42. The highest BCUT2D eigenvalue weighted by Gasteiger charge is 2.42. The average molecular weight is 211 g/mol. The Morgan fingerprint density at radius 1 is 1.40 bits per heavy atom. The number of hydrogen-bond donors (Lipinski definition) is 1. The van der Waals surface area contributed by atoms with E-state index in [0.29, 0.717) is 24.9 Å². The van der Waals surface area contributed by atoms with Crippen LogP contribution < -0.4 is 5.73 Å². The fourth-order valence-electron chi connectivity index (χ4n) is 2.63. The number of ether oxygens (including phenoxy) is 1. The van der Waals surface area contributed by atoms with Crippen LogP contribution in [-0.4, -0.2) is 25.0 Å². The molecule has 1 aliphatic carbocycles. The molecule has 0 amide bonds.